The molecule has 0 radical (unpaired) electrons. The molecular weight excluding hydrogens is 415 g/mol. The molecular formula is C14H29IN4O2S. The van der Waals surface area contributed by atoms with Gasteiger partial charge in [-0.05, 0) is 40.3 Å². The third-order valence-corrected chi connectivity index (χ3v) is 6.84. The number of hydrogen-bond donors (Lipinski definition) is 1. The van der Waals surface area contributed by atoms with Crippen LogP contribution in [0, 0.1) is 0 Å². The Morgan fingerprint density at radius 2 is 1.95 bits per heavy atom. The summed E-state index contributed by atoms with van der Waals surface area (Å²) in [6.45, 7) is 11.6. The van der Waals surface area contributed by atoms with Gasteiger partial charge in [-0.2, -0.15) is 0 Å². The fourth-order valence-electron chi connectivity index (χ4n) is 2.65. The Bertz CT molecular complexity index is 489. The maximum Gasteiger partial charge on any atom is 0.194 e. The van der Waals surface area contributed by atoms with Crippen molar-refractivity contribution in [2.45, 2.75) is 31.9 Å². The molecule has 0 saturated carbocycles. The molecule has 2 aliphatic rings. The molecule has 0 bridgehead atoms. The van der Waals surface area contributed by atoms with Gasteiger partial charge in [-0.15, -0.1) is 24.0 Å². The van der Waals surface area contributed by atoms with E-state index < -0.39 is 14.6 Å². The van der Waals surface area contributed by atoms with Crippen LogP contribution in [0.4, 0.5) is 0 Å². The van der Waals surface area contributed by atoms with E-state index in [1.165, 1.54) is 19.5 Å². The molecule has 22 heavy (non-hydrogen) atoms. The van der Waals surface area contributed by atoms with Crippen LogP contribution in [0.5, 0.6) is 0 Å². The maximum absolute atomic E-state index is 12.1. The van der Waals surface area contributed by atoms with E-state index >= 15 is 0 Å². The van der Waals surface area contributed by atoms with Gasteiger partial charge in [-0.25, -0.2) is 8.42 Å². The predicted octanol–water partition coefficient (Wildman–Crippen LogP) is 0.785. The van der Waals surface area contributed by atoms with E-state index in [2.05, 4.69) is 20.1 Å². The first kappa shape index (κ1) is 20.0. The van der Waals surface area contributed by atoms with E-state index in [1.807, 2.05) is 6.92 Å². The van der Waals surface area contributed by atoms with Gasteiger partial charge in [-0.1, -0.05) is 0 Å². The topological polar surface area (TPSA) is 65.0 Å². The molecule has 130 valence electrons. The van der Waals surface area contributed by atoms with Crippen molar-refractivity contribution in [3.8, 4) is 0 Å². The number of hydrogen-bond acceptors (Lipinski definition) is 4. The molecule has 1 N–H and O–H groups in total. The van der Waals surface area contributed by atoms with E-state index in [1.54, 1.807) is 13.8 Å². The van der Waals surface area contributed by atoms with Crippen LogP contribution >= 0.6 is 24.0 Å². The van der Waals surface area contributed by atoms with Gasteiger partial charge in [0.2, 0.25) is 0 Å². The summed E-state index contributed by atoms with van der Waals surface area (Å²) in [5.41, 5.74) is 0. The number of guanidine groups is 1. The molecule has 6 nitrogen and oxygen atoms in total. The highest BCUT2D eigenvalue weighted by molar-refractivity contribution is 14.0. The first-order valence-corrected chi connectivity index (χ1v) is 9.49. The second-order valence-corrected chi connectivity index (χ2v) is 9.17. The summed E-state index contributed by atoms with van der Waals surface area (Å²) >= 11 is 0. The number of likely N-dealkylation sites (tertiary alicyclic amines) is 1. The van der Waals surface area contributed by atoms with Crippen LogP contribution < -0.4 is 5.32 Å². The maximum atomic E-state index is 12.1. The quantitative estimate of drug-likeness (QED) is 0.395. The molecule has 0 unspecified atom stereocenters. The van der Waals surface area contributed by atoms with Crippen LogP contribution in [0.25, 0.3) is 0 Å². The summed E-state index contributed by atoms with van der Waals surface area (Å²) in [6.07, 6.45) is 1.29. The normalized spacial score (nSPS) is 24.3. The highest BCUT2D eigenvalue weighted by Gasteiger charge is 2.40. The van der Waals surface area contributed by atoms with Gasteiger partial charge in [0.25, 0.3) is 0 Å². The average Bonchev–Trinajstić information content (AvgIpc) is 2.34. The lowest BCUT2D eigenvalue weighted by Gasteiger charge is -2.39. The Balaban J connectivity index is 0.00000242. The molecule has 2 heterocycles. The first-order valence-electron chi connectivity index (χ1n) is 7.83. The first-order chi connectivity index (χ1) is 9.86. The van der Waals surface area contributed by atoms with Crippen molar-refractivity contribution in [3.05, 3.63) is 0 Å². The average molecular weight is 444 g/mol. The fourth-order valence-corrected chi connectivity index (χ4v) is 4.02. The lowest BCUT2D eigenvalue weighted by atomic mass is 10.2. The molecule has 8 heteroatoms. The predicted molar refractivity (Wildman–Crippen MR) is 102 cm³/mol. The lowest BCUT2D eigenvalue weighted by Crippen LogP contribution is -2.57. The van der Waals surface area contributed by atoms with Crippen LogP contribution in [-0.4, -0.2) is 80.5 Å². The van der Waals surface area contributed by atoms with Gasteiger partial charge in [0.05, 0.1) is 17.0 Å². The Hall–Kier alpha value is -0.0900. The molecule has 0 aromatic rings. The summed E-state index contributed by atoms with van der Waals surface area (Å²) in [5.74, 6) is 1.05. The Morgan fingerprint density at radius 1 is 1.27 bits per heavy atom. The molecule has 0 atom stereocenters. The van der Waals surface area contributed by atoms with Crippen molar-refractivity contribution in [1.29, 1.82) is 0 Å². The highest BCUT2D eigenvalue weighted by atomic mass is 127. The molecule has 0 aliphatic carbocycles. The van der Waals surface area contributed by atoms with E-state index in [0.717, 1.165) is 25.6 Å². The summed E-state index contributed by atoms with van der Waals surface area (Å²) in [7, 11) is -3.00. The minimum Gasteiger partial charge on any atom is -0.357 e. The summed E-state index contributed by atoms with van der Waals surface area (Å²) in [5, 5.41) is 3.29. The molecule has 0 spiro atoms. The lowest BCUT2D eigenvalue weighted by molar-refractivity contribution is 0.187. The Labute approximate surface area is 151 Å². The van der Waals surface area contributed by atoms with Gasteiger partial charge < -0.3 is 15.1 Å². The Kier molecular flexibility index (Phi) is 7.38. The number of aliphatic imine (C=N–C) groups is 1. The van der Waals surface area contributed by atoms with Crippen LogP contribution in [0.15, 0.2) is 4.99 Å². The third-order valence-electron chi connectivity index (χ3n) is 4.30. The second kappa shape index (κ2) is 8.14. The fraction of sp³-hybridized carbons (Fsp3) is 0.929. The summed E-state index contributed by atoms with van der Waals surface area (Å²) in [4.78, 5) is 9.14. The second-order valence-electron chi connectivity index (χ2n) is 6.43. The van der Waals surface area contributed by atoms with Gasteiger partial charge in [0, 0.05) is 26.2 Å². The standard InChI is InChI=1S/C14H28N4O2S.HI/c1-4-15-13(16-6-9-17-7-5-8-17)18-10-11-21(19,20)14(2,3)12-18;/h4-12H2,1-3H3,(H,15,16);1H. The number of nitrogens with one attached hydrogen (secondary N) is 1. The number of sulfone groups is 1. The molecule has 0 amide bonds. The van der Waals surface area contributed by atoms with Crippen molar-refractivity contribution >= 4 is 39.8 Å². The zero-order chi connectivity index (χ0) is 15.5. The third kappa shape index (κ3) is 4.70. The minimum absolute atomic E-state index is 0. The van der Waals surface area contributed by atoms with Crippen LogP contribution in [0.1, 0.15) is 27.2 Å². The Morgan fingerprint density at radius 3 is 2.45 bits per heavy atom. The van der Waals surface area contributed by atoms with E-state index in [-0.39, 0.29) is 29.7 Å². The van der Waals surface area contributed by atoms with E-state index in [4.69, 9.17) is 0 Å². The molecule has 2 saturated heterocycles. The van der Waals surface area contributed by atoms with Crippen LogP contribution in [0.2, 0.25) is 0 Å². The molecule has 0 aromatic carbocycles. The molecule has 2 rings (SSSR count). The van der Waals surface area contributed by atoms with Gasteiger partial charge >= 0.3 is 0 Å². The van der Waals surface area contributed by atoms with Crippen molar-refractivity contribution in [3.63, 3.8) is 0 Å². The van der Waals surface area contributed by atoms with Crippen LogP contribution in [-0.2, 0) is 9.84 Å². The zero-order valence-electron chi connectivity index (χ0n) is 13.8. The summed E-state index contributed by atoms with van der Waals surface area (Å²) < 4.78 is 23.5. The number of nitrogens with zero attached hydrogens (tertiary/aromatic N) is 3. The van der Waals surface area contributed by atoms with Gasteiger partial charge in [0.15, 0.2) is 15.8 Å². The largest absolute Gasteiger partial charge is 0.357 e. The SMILES string of the molecule is CCNC(=NCCN1CCC1)N1CCS(=O)(=O)C(C)(C)C1.I. The van der Waals surface area contributed by atoms with E-state index in [9.17, 15) is 8.42 Å². The monoisotopic (exact) mass is 444 g/mol. The van der Waals surface area contributed by atoms with Crippen molar-refractivity contribution < 1.29 is 8.42 Å². The van der Waals surface area contributed by atoms with Gasteiger partial charge in [0.1, 0.15) is 0 Å². The highest BCUT2D eigenvalue weighted by Crippen LogP contribution is 2.23. The minimum atomic E-state index is -3.00. The van der Waals surface area contributed by atoms with Crippen molar-refractivity contribution in [2.75, 3.05) is 51.6 Å². The van der Waals surface area contributed by atoms with E-state index in [0.29, 0.717) is 13.1 Å². The van der Waals surface area contributed by atoms with Gasteiger partial charge in [-0.3, -0.25) is 4.99 Å². The number of halogens is 1. The molecule has 2 aliphatic heterocycles. The van der Waals surface area contributed by atoms with Crippen molar-refractivity contribution in [1.82, 2.24) is 15.1 Å². The summed E-state index contributed by atoms with van der Waals surface area (Å²) in [6, 6.07) is 0. The molecule has 2 fully saturated rings. The molecule has 0 aromatic heterocycles. The smallest absolute Gasteiger partial charge is 0.194 e. The van der Waals surface area contributed by atoms with Crippen molar-refractivity contribution in [2.24, 2.45) is 4.99 Å². The zero-order valence-corrected chi connectivity index (χ0v) is 17.0. The number of rotatable bonds is 4. The van der Waals surface area contributed by atoms with Crippen LogP contribution in [0.3, 0.4) is 0 Å².